The molecule has 0 aliphatic heterocycles. The normalized spacial score (nSPS) is 13.2. The highest BCUT2D eigenvalue weighted by Crippen LogP contribution is 2.41. The second-order valence-corrected chi connectivity index (χ2v) is 5.21. The van der Waals surface area contributed by atoms with Crippen molar-refractivity contribution >= 4 is 17.1 Å². The molecule has 2 aromatic carbocycles. The van der Waals surface area contributed by atoms with Gasteiger partial charge in [0, 0.05) is 16.7 Å². The van der Waals surface area contributed by atoms with Gasteiger partial charge in [0.1, 0.15) is 0 Å². The van der Waals surface area contributed by atoms with Crippen LogP contribution in [0.3, 0.4) is 0 Å². The molecule has 1 aliphatic rings. The van der Waals surface area contributed by atoms with Crippen molar-refractivity contribution in [2.24, 2.45) is 0 Å². The Morgan fingerprint density at radius 1 is 0.792 bits per heavy atom. The molecule has 24 heavy (non-hydrogen) atoms. The first-order valence-electron chi connectivity index (χ1n) is 7.30. The summed E-state index contributed by atoms with van der Waals surface area (Å²) in [5.74, 6) is 0.867. The zero-order valence-electron chi connectivity index (χ0n) is 13.6. The van der Waals surface area contributed by atoms with Crippen LogP contribution in [0.25, 0.3) is 5.57 Å². The molecular weight excluding hydrogens is 308 g/mol. The summed E-state index contributed by atoms with van der Waals surface area (Å²) in [6.45, 7) is 0. The molecule has 3 rings (SSSR count). The highest BCUT2D eigenvalue weighted by atomic mass is 16.5. The Morgan fingerprint density at radius 3 is 1.92 bits per heavy atom. The van der Waals surface area contributed by atoms with Crippen LogP contribution in [0.5, 0.6) is 17.2 Å². The maximum atomic E-state index is 12.8. The fourth-order valence-electron chi connectivity index (χ4n) is 2.77. The third-order valence-corrected chi connectivity index (χ3v) is 3.93. The van der Waals surface area contributed by atoms with Gasteiger partial charge in [0.05, 0.1) is 21.3 Å². The first-order valence-corrected chi connectivity index (χ1v) is 7.30. The summed E-state index contributed by atoms with van der Waals surface area (Å²) in [7, 11) is 4.50. The van der Waals surface area contributed by atoms with Gasteiger partial charge in [-0.05, 0) is 23.8 Å². The molecule has 0 radical (unpaired) electrons. The summed E-state index contributed by atoms with van der Waals surface area (Å²) in [5, 5.41) is 0. The molecule has 0 unspecified atom stereocenters. The number of fused-ring (bicyclic) bond motifs is 1. The Hall–Kier alpha value is -3.08. The van der Waals surface area contributed by atoms with Gasteiger partial charge < -0.3 is 14.2 Å². The number of carbonyl (C=O) groups excluding carboxylic acids is 2. The molecule has 1 aliphatic carbocycles. The van der Waals surface area contributed by atoms with E-state index in [-0.39, 0.29) is 11.6 Å². The van der Waals surface area contributed by atoms with Crippen LogP contribution in [-0.4, -0.2) is 32.9 Å². The molecule has 0 fully saturated rings. The minimum absolute atomic E-state index is 0.200. The number of hydrogen-bond acceptors (Lipinski definition) is 5. The van der Waals surface area contributed by atoms with Crippen molar-refractivity contribution in [1.29, 1.82) is 0 Å². The predicted molar refractivity (Wildman–Crippen MR) is 89.2 cm³/mol. The van der Waals surface area contributed by atoms with Crippen LogP contribution in [0, 0.1) is 0 Å². The van der Waals surface area contributed by atoms with Crippen LogP contribution in [0.15, 0.2) is 42.5 Å². The van der Waals surface area contributed by atoms with Crippen LogP contribution in [0.2, 0.25) is 0 Å². The van der Waals surface area contributed by atoms with Gasteiger partial charge in [0.25, 0.3) is 0 Å². The van der Waals surface area contributed by atoms with E-state index >= 15 is 0 Å². The molecule has 0 N–H and O–H groups in total. The van der Waals surface area contributed by atoms with Crippen LogP contribution < -0.4 is 14.2 Å². The van der Waals surface area contributed by atoms with Gasteiger partial charge in [-0.15, -0.1) is 0 Å². The quantitative estimate of drug-likeness (QED) is 0.864. The van der Waals surface area contributed by atoms with Crippen molar-refractivity contribution in [3.63, 3.8) is 0 Å². The van der Waals surface area contributed by atoms with Crippen molar-refractivity contribution in [3.05, 3.63) is 59.2 Å². The summed E-state index contributed by atoms with van der Waals surface area (Å²) in [5.41, 5.74) is 1.66. The van der Waals surface area contributed by atoms with E-state index < -0.39 is 0 Å². The number of ketones is 2. The molecule has 0 aromatic heterocycles. The summed E-state index contributed by atoms with van der Waals surface area (Å²) in [6.07, 6.45) is 1.35. The number of hydrogen-bond donors (Lipinski definition) is 0. The molecule has 0 heterocycles. The molecule has 122 valence electrons. The molecular formula is C19H16O5. The van der Waals surface area contributed by atoms with Gasteiger partial charge in [-0.2, -0.15) is 0 Å². The van der Waals surface area contributed by atoms with Crippen LogP contribution in [-0.2, 0) is 0 Å². The van der Waals surface area contributed by atoms with E-state index in [9.17, 15) is 9.59 Å². The van der Waals surface area contributed by atoms with E-state index in [0.29, 0.717) is 39.5 Å². The van der Waals surface area contributed by atoms with Crippen molar-refractivity contribution in [2.75, 3.05) is 21.3 Å². The lowest BCUT2D eigenvalue weighted by atomic mass is 9.86. The molecule has 5 heteroatoms. The van der Waals surface area contributed by atoms with Crippen molar-refractivity contribution in [1.82, 2.24) is 0 Å². The summed E-state index contributed by atoms with van der Waals surface area (Å²) in [6, 6.07) is 10.1. The second kappa shape index (κ2) is 6.20. The van der Waals surface area contributed by atoms with Gasteiger partial charge >= 0.3 is 0 Å². The SMILES string of the molecule is COc1cc(C2=CC(=O)c3ccccc3C2=O)cc(OC)c1OC. The zero-order chi connectivity index (χ0) is 17.3. The lowest BCUT2D eigenvalue weighted by Crippen LogP contribution is -2.16. The maximum Gasteiger partial charge on any atom is 0.203 e. The van der Waals surface area contributed by atoms with Crippen LogP contribution in [0.1, 0.15) is 26.3 Å². The number of ether oxygens (including phenoxy) is 3. The zero-order valence-corrected chi connectivity index (χ0v) is 13.6. The van der Waals surface area contributed by atoms with E-state index in [4.69, 9.17) is 14.2 Å². The molecule has 0 bridgehead atoms. The second-order valence-electron chi connectivity index (χ2n) is 5.21. The number of carbonyl (C=O) groups is 2. The number of benzene rings is 2. The molecule has 0 amide bonds. The molecule has 0 saturated carbocycles. The summed E-state index contributed by atoms with van der Waals surface area (Å²) < 4.78 is 15.9. The number of allylic oxidation sites excluding steroid dienone is 2. The standard InChI is InChI=1S/C19H16O5/c1-22-16-8-11(9-17(23-2)19(16)24-3)14-10-15(20)12-6-4-5-7-13(12)18(14)21/h4-10H,1-3H3. The smallest absolute Gasteiger partial charge is 0.203 e. The Morgan fingerprint density at radius 2 is 1.38 bits per heavy atom. The van der Waals surface area contributed by atoms with Gasteiger partial charge in [-0.25, -0.2) is 0 Å². The first kappa shape index (κ1) is 15.8. The highest BCUT2D eigenvalue weighted by Gasteiger charge is 2.27. The minimum Gasteiger partial charge on any atom is -0.493 e. The Labute approximate surface area is 139 Å². The molecule has 0 spiro atoms. The third kappa shape index (κ3) is 2.44. The number of Topliss-reactive ketones (excluding diaryl/α,β-unsaturated/α-hetero) is 1. The monoisotopic (exact) mass is 324 g/mol. The van der Waals surface area contributed by atoms with Crippen molar-refractivity contribution in [3.8, 4) is 17.2 Å². The Balaban J connectivity index is 2.16. The fraction of sp³-hybridized carbons (Fsp3) is 0.158. The lowest BCUT2D eigenvalue weighted by Gasteiger charge is -2.18. The molecule has 0 saturated heterocycles. The summed E-state index contributed by atoms with van der Waals surface area (Å²) >= 11 is 0. The van der Waals surface area contributed by atoms with Crippen molar-refractivity contribution < 1.29 is 23.8 Å². The molecule has 0 atom stereocenters. The van der Waals surface area contributed by atoms with E-state index in [1.807, 2.05) is 0 Å². The van der Waals surface area contributed by atoms with E-state index in [2.05, 4.69) is 0 Å². The third-order valence-electron chi connectivity index (χ3n) is 3.93. The van der Waals surface area contributed by atoms with E-state index in [1.54, 1.807) is 36.4 Å². The first-order chi connectivity index (χ1) is 11.6. The predicted octanol–water partition coefficient (Wildman–Crippen LogP) is 3.18. The average Bonchev–Trinajstić information content (AvgIpc) is 2.63. The van der Waals surface area contributed by atoms with Crippen LogP contribution >= 0.6 is 0 Å². The maximum absolute atomic E-state index is 12.8. The van der Waals surface area contributed by atoms with E-state index in [0.717, 1.165) is 0 Å². The molecule has 2 aromatic rings. The van der Waals surface area contributed by atoms with Gasteiger partial charge in [0.15, 0.2) is 23.1 Å². The minimum atomic E-state index is -0.209. The van der Waals surface area contributed by atoms with Gasteiger partial charge in [-0.3, -0.25) is 9.59 Å². The fourth-order valence-corrected chi connectivity index (χ4v) is 2.77. The van der Waals surface area contributed by atoms with Crippen molar-refractivity contribution in [2.45, 2.75) is 0 Å². The highest BCUT2D eigenvalue weighted by molar-refractivity contribution is 6.38. The summed E-state index contributed by atoms with van der Waals surface area (Å²) in [4.78, 5) is 25.1. The largest absolute Gasteiger partial charge is 0.493 e. The lowest BCUT2D eigenvalue weighted by molar-refractivity contribution is 0.100. The number of rotatable bonds is 4. The average molecular weight is 324 g/mol. The van der Waals surface area contributed by atoms with Gasteiger partial charge in [0.2, 0.25) is 5.75 Å². The number of methoxy groups -OCH3 is 3. The molecule has 5 nitrogen and oxygen atoms in total. The van der Waals surface area contributed by atoms with Crippen LogP contribution in [0.4, 0.5) is 0 Å². The van der Waals surface area contributed by atoms with E-state index in [1.165, 1.54) is 27.4 Å². The Bertz CT molecular complexity index is 839. The van der Waals surface area contributed by atoms with Gasteiger partial charge in [-0.1, -0.05) is 24.3 Å². The topological polar surface area (TPSA) is 61.8 Å². The Kier molecular flexibility index (Phi) is 4.08.